The maximum absolute atomic E-state index is 4.06. The first kappa shape index (κ1) is 34.2. The molecule has 0 bridgehead atoms. The van der Waals surface area contributed by atoms with Crippen molar-refractivity contribution < 1.29 is 0 Å². The average Bonchev–Trinajstić information content (AvgIpc) is 3.12. The Morgan fingerprint density at radius 2 is 1.20 bits per heavy atom. The van der Waals surface area contributed by atoms with Crippen LogP contribution < -0.4 is 4.90 Å². The Hall–Kier alpha value is -5.66. The van der Waals surface area contributed by atoms with Crippen LogP contribution in [0.3, 0.4) is 0 Å². The van der Waals surface area contributed by atoms with Gasteiger partial charge in [0.15, 0.2) is 0 Å². The molecular formula is C49H47N. The van der Waals surface area contributed by atoms with E-state index in [0.717, 1.165) is 34.6 Å². The van der Waals surface area contributed by atoms with Gasteiger partial charge in [0.2, 0.25) is 0 Å². The molecule has 0 unspecified atom stereocenters. The van der Waals surface area contributed by atoms with Gasteiger partial charge in [0.05, 0.1) is 0 Å². The molecule has 6 aromatic carbocycles. The number of aryl methyl sites for hydroxylation is 5. The van der Waals surface area contributed by atoms with E-state index in [1.54, 1.807) is 0 Å². The van der Waals surface area contributed by atoms with Gasteiger partial charge in [0, 0.05) is 17.1 Å². The number of anilines is 3. The molecule has 0 aliphatic rings. The number of hydrogen-bond acceptors (Lipinski definition) is 1. The molecule has 1 nitrogen and oxygen atoms in total. The highest BCUT2D eigenvalue weighted by molar-refractivity contribution is 5.83. The van der Waals surface area contributed by atoms with Crippen molar-refractivity contribution in [2.75, 3.05) is 4.90 Å². The number of nitrogens with zero attached hydrogens (tertiary/aromatic N) is 1. The molecule has 0 radical (unpaired) electrons. The summed E-state index contributed by atoms with van der Waals surface area (Å²) in [6, 6.07) is 47.0. The van der Waals surface area contributed by atoms with Crippen LogP contribution in [-0.2, 0) is 6.42 Å². The first-order valence-electron chi connectivity index (χ1n) is 17.5. The molecule has 0 amide bonds. The van der Waals surface area contributed by atoms with Gasteiger partial charge in [0.25, 0.3) is 0 Å². The van der Waals surface area contributed by atoms with Gasteiger partial charge in [-0.15, -0.1) is 0 Å². The molecule has 6 rings (SSSR count). The normalized spacial score (nSPS) is 11.6. The largest absolute Gasteiger partial charge is 0.310 e. The van der Waals surface area contributed by atoms with Crippen LogP contribution in [0.4, 0.5) is 17.1 Å². The van der Waals surface area contributed by atoms with E-state index in [9.17, 15) is 0 Å². The molecular weight excluding hydrogens is 603 g/mol. The predicted molar refractivity (Wildman–Crippen MR) is 218 cm³/mol. The second kappa shape index (κ2) is 15.3. The fourth-order valence-electron chi connectivity index (χ4n) is 6.66. The van der Waals surface area contributed by atoms with E-state index >= 15 is 0 Å². The highest BCUT2D eigenvalue weighted by Crippen LogP contribution is 2.40. The number of hydrogen-bond donors (Lipinski definition) is 0. The van der Waals surface area contributed by atoms with E-state index in [4.69, 9.17) is 0 Å². The monoisotopic (exact) mass is 649 g/mol. The maximum Gasteiger partial charge on any atom is 0.0464 e. The molecule has 248 valence electrons. The van der Waals surface area contributed by atoms with Crippen molar-refractivity contribution in [3.05, 3.63) is 203 Å². The standard InChI is InChI=1S/C49H47N/c1-8-10-14-39(9-2)40-23-26-45(27-24-40)50(47-25-19-36(5)44(32-47)31-42-15-12-11-13-35(42)4)46-28-29-48(38(7)30-46)49-33-43(22-18-37(49)6)41-20-16-34(3)17-21-41/h8-30,32-33H,2,31H2,1,3-7H3/b10-8-,39-14+. The Bertz CT molecular complexity index is 2190. The summed E-state index contributed by atoms with van der Waals surface area (Å²) in [5.41, 5.74) is 19.7. The van der Waals surface area contributed by atoms with Gasteiger partial charge in [-0.1, -0.05) is 121 Å². The Morgan fingerprint density at radius 1 is 0.560 bits per heavy atom. The Morgan fingerprint density at radius 3 is 1.90 bits per heavy atom. The van der Waals surface area contributed by atoms with Crippen molar-refractivity contribution in [1.82, 2.24) is 0 Å². The summed E-state index contributed by atoms with van der Waals surface area (Å²) in [5, 5.41) is 0. The van der Waals surface area contributed by atoms with E-state index in [2.05, 4.69) is 186 Å². The molecule has 50 heavy (non-hydrogen) atoms. The Balaban J connectivity index is 1.44. The second-order valence-corrected chi connectivity index (χ2v) is 13.3. The van der Waals surface area contributed by atoms with Gasteiger partial charge in [-0.2, -0.15) is 0 Å². The second-order valence-electron chi connectivity index (χ2n) is 13.3. The molecule has 0 heterocycles. The van der Waals surface area contributed by atoms with Crippen molar-refractivity contribution in [1.29, 1.82) is 0 Å². The number of benzene rings is 6. The van der Waals surface area contributed by atoms with Gasteiger partial charge < -0.3 is 4.90 Å². The highest BCUT2D eigenvalue weighted by atomic mass is 15.1. The SMILES string of the molecule is C=C/C(=C\C=C/C)c1ccc(N(c2ccc(-c3cc(-c4ccc(C)cc4)ccc3C)c(C)c2)c2ccc(C)c(Cc3ccccc3C)c2)cc1. The quantitative estimate of drug-likeness (QED) is 0.134. The van der Waals surface area contributed by atoms with E-state index in [1.165, 1.54) is 61.2 Å². The molecule has 0 aromatic heterocycles. The lowest BCUT2D eigenvalue weighted by molar-refractivity contribution is 1.12. The minimum atomic E-state index is 0.895. The van der Waals surface area contributed by atoms with Crippen molar-refractivity contribution in [3.63, 3.8) is 0 Å². The fourth-order valence-corrected chi connectivity index (χ4v) is 6.66. The minimum Gasteiger partial charge on any atom is -0.310 e. The van der Waals surface area contributed by atoms with Gasteiger partial charge >= 0.3 is 0 Å². The van der Waals surface area contributed by atoms with Crippen molar-refractivity contribution >= 4 is 22.6 Å². The van der Waals surface area contributed by atoms with Gasteiger partial charge in [-0.25, -0.2) is 0 Å². The van der Waals surface area contributed by atoms with E-state index in [0.29, 0.717) is 0 Å². The lowest BCUT2D eigenvalue weighted by Crippen LogP contribution is -2.11. The summed E-state index contributed by atoms with van der Waals surface area (Å²) >= 11 is 0. The topological polar surface area (TPSA) is 3.24 Å². The molecule has 0 spiro atoms. The third kappa shape index (κ3) is 7.48. The molecule has 0 aliphatic carbocycles. The lowest BCUT2D eigenvalue weighted by atomic mass is 9.92. The summed E-state index contributed by atoms with van der Waals surface area (Å²) in [6.07, 6.45) is 9.02. The third-order valence-corrected chi connectivity index (χ3v) is 9.76. The molecule has 0 fully saturated rings. The van der Waals surface area contributed by atoms with Gasteiger partial charge in [-0.3, -0.25) is 0 Å². The third-order valence-electron chi connectivity index (χ3n) is 9.76. The number of rotatable bonds is 10. The molecule has 0 aliphatic heterocycles. The van der Waals surface area contributed by atoms with Crippen LogP contribution in [0.2, 0.25) is 0 Å². The Labute approximate surface area is 299 Å². The molecule has 0 saturated heterocycles. The summed E-state index contributed by atoms with van der Waals surface area (Å²) in [4.78, 5) is 2.39. The summed E-state index contributed by atoms with van der Waals surface area (Å²) in [5.74, 6) is 0. The maximum atomic E-state index is 4.06. The molecule has 0 N–H and O–H groups in total. The van der Waals surface area contributed by atoms with E-state index in [1.807, 2.05) is 19.1 Å². The first-order valence-corrected chi connectivity index (χ1v) is 17.5. The molecule has 0 atom stereocenters. The molecule has 0 saturated carbocycles. The van der Waals surface area contributed by atoms with Crippen LogP contribution in [0, 0.1) is 34.6 Å². The molecule has 6 aromatic rings. The Kier molecular flexibility index (Phi) is 10.4. The van der Waals surface area contributed by atoms with Crippen LogP contribution in [0.5, 0.6) is 0 Å². The average molecular weight is 650 g/mol. The lowest BCUT2D eigenvalue weighted by Gasteiger charge is -2.28. The number of allylic oxidation sites excluding steroid dienone is 5. The van der Waals surface area contributed by atoms with Crippen LogP contribution in [-0.4, -0.2) is 0 Å². The fraction of sp³-hybridized carbons (Fsp3) is 0.143. The van der Waals surface area contributed by atoms with Gasteiger partial charge in [0.1, 0.15) is 0 Å². The van der Waals surface area contributed by atoms with Crippen LogP contribution in [0.25, 0.3) is 27.8 Å². The predicted octanol–water partition coefficient (Wildman–Crippen LogP) is 13.8. The zero-order chi connectivity index (χ0) is 35.2. The van der Waals surface area contributed by atoms with Crippen molar-refractivity contribution in [2.45, 2.75) is 48.0 Å². The van der Waals surface area contributed by atoms with Crippen LogP contribution in [0.1, 0.15) is 51.4 Å². The minimum absolute atomic E-state index is 0.895. The molecule has 1 heteroatoms. The van der Waals surface area contributed by atoms with Crippen LogP contribution >= 0.6 is 0 Å². The smallest absolute Gasteiger partial charge is 0.0464 e. The van der Waals surface area contributed by atoms with Gasteiger partial charge in [-0.05, 0) is 157 Å². The van der Waals surface area contributed by atoms with E-state index < -0.39 is 0 Å². The van der Waals surface area contributed by atoms with Crippen molar-refractivity contribution in [3.8, 4) is 22.3 Å². The van der Waals surface area contributed by atoms with E-state index in [-0.39, 0.29) is 0 Å². The first-order chi connectivity index (χ1) is 24.2. The zero-order valence-corrected chi connectivity index (χ0v) is 30.3. The van der Waals surface area contributed by atoms with Crippen LogP contribution in [0.15, 0.2) is 158 Å². The summed E-state index contributed by atoms with van der Waals surface area (Å²) in [7, 11) is 0. The summed E-state index contributed by atoms with van der Waals surface area (Å²) < 4.78 is 0. The zero-order valence-electron chi connectivity index (χ0n) is 30.3. The summed E-state index contributed by atoms with van der Waals surface area (Å²) in [6.45, 7) is 17.1. The van der Waals surface area contributed by atoms with Crippen molar-refractivity contribution in [2.24, 2.45) is 0 Å². The highest BCUT2D eigenvalue weighted by Gasteiger charge is 2.17.